The van der Waals surface area contributed by atoms with Crippen LogP contribution < -0.4 is 0 Å². The first-order valence-corrected chi connectivity index (χ1v) is 9.00. The van der Waals surface area contributed by atoms with Crippen molar-refractivity contribution in [3.63, 3.8) is 0 Å². The van der Waals surface area contributed by atoms with Crippen molar-refractivity contribution in [2.24, 2.45) is 0 Å². The van der Waals surface area contributed by atoms with E-state index >= 15 is 0 Å². The molecule has 2 heterocycles. The van der Waals surface area contributed by atoms with E-state index in [0.717, 1.165) is 11.6 Å². The Morgan fingerprint density at radius 1 is 1.10 bits per heavy atom. The van der Waals surface area contributed by atoms with Gasteiger partial charge in [-0.3, -0.25) is 0 Å². The molecule has 0 atom stereocenters. The van der Waals surface area contributed by atoms with Crippen LogP contribution in [-0.2, 0) is 11.3 Å². The van der Waals surface area contributed by atoms with Crippen molar-refractivity contribution in [1.29, 1.82) is 0 Å². The van der Waals surface area contributed by atoms with Gasteiger partial charge in [0.15, 0.2) is 0 Å². The number of halogens is 1. The molecule has 0 saturated carbocycles. The summed E-state index contributed by atoms with van der Waals surface area (Å²) in [6, 6.07) is 15.4. The molecule has 2 aromatic heterocycles. The zero-order chi connectivity index (χ0) is 20.1. The fourth-order valence-electron chi connectivity index (χ4n) is 2.73. The third-order valence-corrected chi connectivity index (χ3v) is 4.16. The number of hydrogen-bond acceptors (Lipinski definition) is 6. The second kappa shape index (κ2) is 8.42. The van der Waals surface area contributed by atoms with Crippen LogP contribution in [0, 0.1) is 5.82 Å². The topological polar surface area (TPSA) is 87.7 Å². The second-order valence-corrected chi connectivity index (χ2v) is 6.18. The Labute approximate surface area is 165 Å². The molecule has 146 valence electrons. The number of tetrazole rings is 1. The van der Waals surface area contributed by atoms with Crippen LogP contribution in [0.2, 0.25) is 0 Å². The molecule has 0 saturated heterocycles. The molecule has 29 heavy (non-hydrogen) atoms. The zero-order valence-electron chi connectivity index (χ0n) is 15.3. The van der Waals surface area contributed by atoms with Crippen molar-refractivity contribution in [1.82, 2.24) is 30.0 Å². The average molecular weight is 392 g/mol. The predicted molar refractivity (Wildman–Crippen MR) is 102 cm³/mol. The Bertz CT molecular complexity index is 1100. The van der Waals surface area contributed by atoms with E-state index < -0.39 is 11.8 Å². The lowest BCUT2D eigenvalue weighted by Gasteiger charge is -2.07. The number of carbonyl (C=O) groups is 1. The van der Waals surface area contributed by atoms with Crippen LogP contribution in [0.25, 0.3) is 17.1 Å². The van der Waals surface area contributed by atoms with Gasteiger partial charge in [-0.15, -0.1) is 10.2 Å². The summed E-state index contributed by atoms with van der Waals surface area (Å²) in [4.78, 5) is 13.6. The van der Waals surface area contributed by atoms with Gasteiger partial charge in [-0.25, -0.2) is 13.9 Å². The van der Waals surface area contributed by atoms with Gasteiger partial charge in [-0.1, -0.05) is 30.3 Å². The summed E-state index contributed by atoms with van der Waals surface area (Å²) < 4.78 is 20.8. The molecule has 8 nitrogen and oxygen atoms in total. The summed E-state index contributed by atoms with van der Waals surface area (Å²) in [7, 11) is 0. The SMILES string of the molecule is O=C(OCCCn1nnc(-c2ccccc2)n1)c1ccc(-n2cccn2)c(F)c1. The van der Waals surface area contributed by atoms with Crippen molar-refractivity contribution in [2.45, 2.75) is 13.0 Å². The lowest BCUT2D eigenvalue weighted by Crippen LogP contribution is -2.11. The van der Waals surface area contributed by atoms with Crippen molar-refractivity contribution < 1.29 is 13.9 Å². The van der Waals surface area contributed by atoms with E-state index in [1.54, 1.807) is 18.5 Å². The fourth-order valence-corrected chi connectivity index (χ4v) is 2.73. The summed E-state index contributed by atoms with van der Waals surface area (Å²) in [5.41, 5.74) is 1.28. The Balaban J connectivity index is 1.28. The average Bonchev–Trinajstić information content (AvgIpc) is 3.44. The molecular weight excluding hydrogens is 375 g/mol. The van der Waals surface area contributed by atoms with Crippen LogP contribution >= 0.6 is 0 Å². The van der Waals surface area contributed by atoms with Gasteiger partial charge in [0.2, 0.25) is 5.82 Å². The first kappa shape index (κ1) is 18.5. The van der Waals surface area contributed by atoms with Crippen LogP contribution in [0.1, 0.15) is 16.8 Å². The number of hydrogen-bond donors (Lipinski definition) is 0. The molecule has 0 spiro atoms. The maximum absolute atomic E-state index is 14.2. The number of ether oxygens (including phenoxy) is 1. The number of aryl methyl sites for hydroxylation is 1. The first-order valence-electron chi connectivity index (χ1n) is 9.00. The summed E-state index contributed by atoms with van der Waals surface area (Å²) in [5, 5.41) is 16.3. The molecule has 0 fully saturated rings. The van der Waals surface area contributed by atoms with E-state index in [2.05, 4.69) is 20.5 Å². The number of nitrogens with zero attached hydrogens (tertiary/aromatic N) is 6. The molecule has 0 aliphatic carbocycles. The monoisotopic (exact) mass is 392 g/mol. The highest BCUT2D eigenvalue weighted by Crippen LogP contribution is 2.15. The Morgan fingerprint density at radius 3 is 2.72 bits per heavy atom. The minimum absolute atomic E-state index is 0.142. The minimum Gasteiger partial charge on any atom is -0.462 e. The lowest BCUT2D eigenvalue weighted by atomic mass is 10.2. The van der Waals surface area contributed by atoms with E-state index in [1.165, 1.54) is 21.6 Å². The molecule has 9 heteroatoms. The minimum atomic E-state index is -0.590. The largest absolute Gasteiger partial charge is 0.462 e. The summed E-state index contributed by atoms with van der Waals surface area (Å²) in [6.07, 6.45) is 3.68. The Morgan fingerprint density at radius 2 is 1.97 bits per heavy atom. The molecule has 0 radical (unpaired) electrons. The third kappa shape index (κ3) is 4.34. The molecule has 4 rings (SSSR count). The highest BCUT2D eigenvalue weighted by Gasteiger charge is 2.12. The van der Waals surface area contributed by atoms with Gasteiger partial charge >= 0.3 is 5.97 Å². The second-order valence-electron chi connectivity index (χ2n) is 6.18. The maximum atomic E-state index is 14.2. The maximum Gasteiger partial charge on any atom is 0.338 e. The van der Waals surface area contributed by atoms with E-state index in [1.807, 2.05) is 30.3 Å². The molecule has 0 unspecified atom stereocenters. The zero-order valence-corrected chi connectivity index (χ0v) is 15.3. The predicted octanol–water partition coefficient (Wildman–Crippen LogP) is 2.91. The van der Waals surface area contributed by atoms with Crippen LogP contribution in [0.5, 0.6) is 0 Å². The highest BCUT2D eigenvalue weighted by atomic mass is 19.1. The number of benzene rings is 2. The standard InChI is InChI=1S/C20H17FN6O2/c21-17-14-16(8-9-18(17)26-11-4-10-22-26)20(28)29-13-5-12-27-24-19(23-25-27)15-6-2-1-3-7-15/h1-4,6-11,14H,5,12-13H2. The number of aromatic nitrogens is 6. The highest BCUT2D eigenvalue weighted by molar-refractivity contribution is 5.89. The molecule has 0 aliphatic rings. The van der Waals surface area contributed by atoms with E-state index in [-0.39, 0.29) is 17.9 Å². The third-order valence-electron chi connectivity index (χ3n) is 4.16. The van der Waals surface area contributed by atoms with Gasteiger partial charge in [-0.2, -0.15) is 9.90 Å². The molecule has 4 aromatic rings. The molecular formula is C20H17FN6O2. The normalized spacial score (nSPS) is 10.8. The number of rotatable bonds is 7. The molecule has 0 N–H and O–H groups in total. The van der Waals surface area contributed by atoms with Crippen molar-refractivity contribution in [3.05, 3.63) is 78.4 Å². The van der Waals surface area contributed by atoms with Gasteiger partial charge in [0.25, 0.3) is 0 Å². The van der Waals surface area contributed by atoms with E-state index in [4.69, 9.17) is 4.74 Å². The lowest BCUT2D eigenvalue weighted by molar-refractivity contribution is 0.0493. The van der Waals surface area contributed by atoms with Gasteiger partial charge in [0.05, 0.1) is 18.7 Å². The van der Waals surface area contributed by atoms with Crippen molar-refractivity contribution >= 4 is 5.97 Å². The summed E-state index contributed by atoms with van der Waals surface area (Å²) in [6.45, 7) is 0.600. The van der Waals surface area contributed by atoms with Crippen molar-refractivity contribution in [3.8, 4) is 17.1 Å². The smallest absolute Gasteiger partial charge is 0.338 e. The van der Waals surface area contributed by atoms with E-state index in [9.17, 15) is 9.18 Å². The van der Waals surface area contributed by atoms with Crippen LogP contribution in [0.4, 0.5) is 4.39 Å². The summed E-state index contributed by atoms with van der Waals surface area (Å²) >= 11 is 0. The Kier molecular flexibility index (Phi) is 5.37. The van der Waals surface area contributed by atoms with Crippen LogP contribution in [0.15, 0.2) is 67.0 Å². The van der Waals surface area contributed by atoms with Gasteiger partial charge in [0, 0.05) is 24.4 Å². The summed E-state index contributed by atoms with van der Waals surface area (Å²) in [5.74, 6) is -0.605. The number of carbonyl (C=O) groups excluding carboxylic acids is 1. The molecule has 2 aromatic carbocycles. The van der Waals surface area contributed by atoms with Crippen LogP contribution in [-0.4, -0.2) is 42.6 Å². The fraction of sp³-hybridized carbons (Fsp3) is 0.150. The molecule has 0 amide bonds. The van der Waals surface area contributed by atoms with E-state index in [0.29, 0.717) is 18.8 Å². The van der Waals surface area contributed by atoms with Gasteiger partial charge in [0.1, 0.15) is 11.5 Å². The quantitative estimate of drug-likeness (QED) is 0.355. The van der Waals surface area contributed by atoms with Crippen LogP contribution in [0.3, 0.4) is 0 Å². The molecule has 0 aliphatic heterocycles. The van der Waals surface area contributed by atoms with Gasteiger partial charge < -0.3 is 4.74 Å². The van der Waals surface area contributed by atoms with Gasteiger partial charge in [-0.05, 0) is 29.5 Å². The first-order chi connectivity index (χ1) is 14.2. The van der Waals surface area contributed by atoms with Crippen molar-refractivity contribution in [2.75, 3.05) is 6.61 Å². The number of esters is 1. The molecule has 0 bridgehead atoms. The Hall–Kier alpha value is -3.88.